The minimum Gasteiger partial charge on any atom is -0.420 e. The van der Waals surface area contributed by atoms with Crippen molar-refractivity contribution in [1.82, 2.24) is 4.90 Å². The van der Waals surface area contributed by atoms with Crippen LogP contribution in [-0.2, 0) is 52.2 Å². The molecule has 2 aromatic carbocycles. The van der Waals surface area contributed by atoms with Crippen LogP contribution in [0.4, 0.5) is 22.0 Å². The van der Waals surface area contributed by atoms with E-state index in [0.717, 1.165) is 0 Å². The fraction of sp³-hybridized carbons (Fsp3) is 0.595. The summed E-state index contributed by atoms with van der Waals surface area (Å²) in [6.45, 7) is 6.44. The van der Waals surface area contributed by atoms with E-state index in [1.54, 1.807) is 24.3 Å². The zero-order valence-corrected chi connectivity index (χ0v) is 31.4. The predicted molar refractivity (Wildman–Crippen MR) is 186 cm³/mol. The van der Waals surface area contributed by atoms with Crippen LogP contribution < -0.4 is 4.74 Å². The lowest BCUT2D eigenvalue weighted by atomic mass is 10.1. The molecule has 3 rings (SSSR count). The number of fused-ring (bicyclic) bond motifs is 1. The highest BCUT2D eigenvalue weighted by Crippen LogP contribution is 2.29. The second-order valence-electron chi connectivity index (χ2n) is 11.6. The van der Waals surface area contributed by atoms with Gasteiger partial charge in [0.15, 0.2) is 0 Å². The van der Waals surface area contributed by atoms with E-state index in [4.69, 9.17) is 47.4 Å². The highest BCUT2D eigenvalue weighted by atomic mass is 19.2. The maximum absolute atomic E-state index is 13.6. The molecule has 0 radical (unpaired) electrons. The van der Waals surface area contributed by atoms with Gasteiger partial charge in [0.1, 0.15) is 0 Å². The van der Waals surface area contributed by atoms with Crippen LogP contribution in [0.5, 0.6) is 5.75 Å². The van der Waals surface area contributed by atoms with Crippen LogP contribution in [0.1, 0.15) is 27.1 Å². The molecule has 2 aromatic rings. The molecule has 0 spiro atoms. The summed E-state index contributed by atoms with van der Waals surface area (Å²) in [5, 5.41) is 0. The van der Waals surface area contributed by atoms with Gasteiger partial charge in [0.25, 0.3) is 11.8 Å². The predicted octanol–water partition coefficient (Wildman–Crippen LogP) is 3.14. The molecule has 20 heteroatoms. The summed E-state index contributed by atoms with van der Waals surface area (Å²) in [7, 11) is 0. The molecule has 0 saturated heterocycles. The Labute approximate surface area is 326 Å². The molecule has 0 bridgehead atoms. The molecule has 2 amide bonds. The quantitative estimate of drug-likeness (QED) is 0.0193. The Kier molecular flexibility index (Phi) is 24.0. The average Bonchev–Trinajstić information content (AvgIpc) is 3.46. The number of hydrogen-bond donors (Lipinski definition) is 0. The number of carbonyl (C=O) groups is 3. The number of amides is 2. The summed E-state index contributed by atoms with van der Waals surface area (Å²) >= 11 is 0. The molecule has 0 N–H and O–H groups in total. The molecule has 15 nitrogen and oxygen atoms in total. The van der Waals surface area contributed by atoms with Crippen LogP contribution in [0.15, 0.2) is 24.3 Å². The summed E-state index contributed by atoms with van der Waals surface area (Å²) in [5.41, 5.74) is 0.840. The molecule has 1 aliphatic heterocycles. The second-order valence-corrected chi connectivity index (χ2v) is 11.6. The van der Waals surface area contributed by atoms with Gasteiger partial charge in [0, 0.05) is 0 Å². The lowest BCUT2D eigenvalue weighted by molar-refractivity contribution is -0.136. The van der Waals surface area contributed by atoms with Gasteiger partial charge in [-0.3, -0.25) is 19.3 Å². The fourth-order valence-corrected chi connectivity index (χ4v) is 4.67. The van der Waals surface area contributed by atoms with Gasteiger partial charge >= 0.3 is 5.97 Å². The first-order valence-electron chi connectivity index (χ1n) is 18.2. The molecule has 0 unspecified atom stereocenters. The number of nitrogens with zero attached hydrogens (tertiary/aromatic N) is 1. The van der Waals surface area contributed by atoms with E-state index in [1.807, 2.05) is 0 Å². The standard InChI is InChI=1S/C37H48F5NO14/c38-30-31(39)33(41)35(34(42)32(30)40)57-29(44)5-7-47-9-11-49-13-15-51-17-19-53-21-23-55-25-26-56-24-22-54-20-18-52-16-14-50-12-10-48-8-6-43-36(45)27-3-1-2-4-28(27)37(43)46/h1-4H,5-26H2. The molecule has 0 saturated carbocycles. The number of hydrogen-bond acceptors (Lipinski definition) is 14. The van der Waals surface area contributed by atoms with Crippen molar-refractivity contribution in [3.05, 3.63) is 64.5 Å². The van der Waals surface area contributed by atoms with Crippen LogP contribution in [-0.4, -0.2) is 161 Å². The monoisotopic (exact) mass is 825 g/mol. The van der Waals surface area contributed by atoms with Crippen molar-refractivity contribution in [2.75, 3.05) is 139 Å². The van der Waals surface area contributed by atoms with Gasteiger partial charge in [-0.15, -0.1) is 0 Å². The highest BCUT2D eigenvalue weighted by molar-refractivity contribution is 6.21. The molecule has 0 aromatic heterocycles. The van der Waals surface area contributed by atoms with Gasteiger partial charge < -0.3 is 52.1 Å². The molecule has 1 aliphatic rings. The van der Waals surface area contributed by atoms with E-state index in [1.165, 1.54) is 4.90 Å². The van der Waals surface area contributed by atoms with Crippen molar-refractivity contribution in [1.29, 1.82) is 0 Å². The Balaban J connectivity index is 0.951. The van der Waals surface area contributed by atoms with Gasteiger partial charge in [-0.1, -0.05) is 12.1 Å². The molecular formula is C37H48F5NO14. The van der Waals surface area contributed by atoms with Gasteiger partial charge in [-0.25, -0.2) is 13.2 Å². The minimum absolute atomic E-state index is 0.0705. The van der Waals surface area contributed by atoms with Crippen LogP contribution in [0.3, 0.4) is 0 Å². The zero-order valence-electron chi connectivity index (χ0n) is 31.4. The molecule has 1 heterocycles. The smallest absolute Gasteiger partial charge is 0.313 e. The normalized spacial score (nSPS) is 12.5. The van der Waals surface area contributed by atoms with Crippen LogP contribution in [0, 0.1) is 29.1 Å². The third-order valence-corrected chi connectivity index (χ3v) is 7.52. The van der Waals surface area contributed by atoms with E-state index < -0.39 is 47.2 Å². The maximum Gasteiger partial charge on any atom is 0.313 e. The van der Waals surface area contributed by atoms with Crippen molar-refractivity contribution in [3.8, 4) is 5.75 Å². The van der Waals surface area contributed by atoms with Crippen LogP contribution in [0.25, 0.3) is 0 Å². The van der Waals surface area contributed by atoms with Crippen molar-refractivity contribution in [2.24, 2.45) is 0 Å². The summed E-state index contributed by atoms with van der Waals surface area (Å²) in [4.78, 5) is 37.5. The summed E-state index contributed by atoms with van der Waals surface area (Å²) < 4.78 is 125. The first kappa shape index (κ1) is 47.7. The lowest BCUT2D eigenvalue weighted by Gasteiger charge is -2.13. The maximum atomic E-state index is 13.6. The molecular weight excluding hydrogens is 777 g/mol. The van der Waals surface area contributed by atoms with E-state index in [9.17, 15) is 36.3 Å². The van der Waals surface area contributed by atoms with E-state index in [-0.39, 0.29) is 51.4 Å². The second kappa shape index (κ2) is 28.7. The number of halogens is 5. The number of esters is 1. The van der Waals surface area contributed by atoms with Gasteiger partial charge in [-0.05, 0) is 12.1 Å². The average molecular weight is 826 g/mol. The van der Waals surface area contributed by atoms with Gasteiger partial charge in [-0.2, -0.15) is 8.78 Å². The first-order chi connectivity index (χ1) is 27.7. The van der Waals surface area contributed by atoms with E-state index >= 15 is 0 Å². The highest BCUT2D eigenvalue weighted by Gasteiger charge is 2.34. The zero-order chi connectivity index (χ0) is 41.1. The molecule has 0 atom stereocenters. The Morgan fingerprint density at radius 3 is 1.04 bits per heavy atom. The Morgan fingerprint density at radius 1 is 0.421 bits per heavy atom. The van der Waals surface area contributed by atoms with E-state index in [0.29, 0.717) is 110 Å². The summed E-state index contributed by atoms with van der Waals surface area (Å²) in [6.07, 6.45) is -0.495. The topological polar surface area (TPSA) is 156 Å². The third-order valence-electron chi connectivity index (χ3n) is 7.52. The third kappa shape index (κ3) is 17.8. The Hall–Kier alpha value is -3.70. The lowest BCUT2D eigenvalue weighted by Crippen LogP contribution is -2.33. The van der Waals surface area contributed by atoms with Crippen molar-refractivity contribution in [2.45, 2.75) is 6.42 Å². The van der Waals surface area contributed by atoms with Crippen molar-refractivity contribution < 1.29 is 88.4 Å². The Bertz CT molecular complexity index is 1440. The number of carbonyl (C=O) groups excluding carboxylic acids is 3. The number of ether oxygens (including phenoxy) is 11. The molecule has 0 fully saturated rings. The van der Waals surface area contributed by atoms with Crippen LogP contribution >= 0.6 is 0 Å². The molecule has 320 valence electrons. The van der Waals surface area contributed by atoms with Crippen LogP contribution in [0.2, 0.25) is 0 Å². The van der Waals surface area contributed by atoms with Gasteiger partial charge in [0.2, 0.25) is 34.8 Å². The molecule has 57 heavy (non-hydrogen) atoms. The summed E-state index contributed by atoms with van der Waals surface area (Å²) in [6, 6.07) is 6.74. The number of benzene rings is 2. The van der Waals surface area contributed by atoms with Crippen molar-refractivity contribution in [3.63, 3.8) is 0 Å². The summed E-state index contributed by atoms with van der Waals surface area (Å²) in [5.74, 6) is -14.8. The van der Waals surface area contributed by atoms with E-state index in [2.05, 4.69) is 4.74 Å². The largest absolute Gasteiger partial charge is 0.420 e. The minimum atomic E-state index is -2.35. The van der Waals surface area contributed by atoms with Crippen molar-refractivity contribution >= 4 is 17.8 Å². The first-order valence-corrected chi connectivity index (χ1v) is 18.2. The SMILES string of the molecule is O=C(CCOCCOCCOCCOCCOCCOCCOCCOCCOCCOCCN1C(=O)c2ccccc2C1=O)Oc1c(F)c(F)c(F)c(F)c1F. The number of rotatable bonds is 34. The molecule has 0 aliphatic carbocycles. The number of imide groups is 1. The van der Waals surface area contributed by atoms with Gasteiger partial charge in [0.05, 0.1) is 156 Å². The Morgan fingerprint density at radius 2 is 0.702 bits per heavy atom. The fourth-order valence-electron chi connectivity index (χ4n) is 4.67.